The van der Waals surface area contributed by atoms with Crippen molar-refractivity contribution in [2.75, 3.05) is 59.4 Å². The van der Waals surface area contributed by atoms with E-state index in [9.17, 15) is 18.3 Å². The minimum Gasteiger partial charge on any atom is -0.376 e. The van der Waals surface area contributed by atoms with Gasteiger partial charge in [0.1, 0.15) is 54.3 Å². The second kappa shape index (κ2) is 16.7. The number of hydrogen-bond donors (Lipinski definition) is 0. The van der Waals surface area contributed by atoms with Gasteiger partial charge in [-0.25, -0.2) is 8.62 Å². The van der Waals surface area contributed by atoms with Crippen LogP contribution in [0.3, 0.4) is 0 Å². The molecule has 51 heavy (non-hydrogen) atoms. The van der Waals surface area contributed by atoms with Gasteiger partial charge in [0.25, 0.3) is 0 Å². The molecule has 4 heterocycles. The Bertz CT molecular complexity index is 1500. The molecule has 2 aromatic rings. The average molecular weight is 797 g/mol. The zero-order valence-corrected chi connectivity index (χ0v) is 32.2. The number of hydrogen-bond acceptors (Lipinski definition) is 16. The van der Waals surface area contributed by atoms with Gasteiger partial charge in [-0.05, 0) is 11.1 Å². The molecule has 4 aliphatic heterocycles. The number of ether oxygens (including phenoxy) is 8. The molecule has 0 amide bonds. The summed E-state index contributed by atoms with van der Waals surface area (Å²) in [6.07, 6.45) is -6.09. The molecule has 2 aromatic carbocycles. The van der Waals surface area contributed by atoms with Gasteiger partial charge in [0.15, 0.2) is 12.6 Å². The summed E-state index contributed by atoms with van der Waals surface area (Å²) in [6.45, 7) is -0.254. The Kier molecular flexibility index (Phi) is 13.0. The van der Waals surface area contributed by atoms with Crippen molar-refractivity contribution in [1.82, 2.24) is 0 Å². The van der Waals surface area contributed by atoms with E-state index >= 15 is 0 Å². The van der Waals surface area contributed by atoms with Gasteiger partial charge in [-0.1, -0.05) is 60.7 Å². The summed E-state index contributed by atoms with van der Waals surface area (Å²) in [7, 11) is -10.9. The van der Waals surface area contributed by atoms with Crippen molar-refractivity contribution in [3.63, 3.8) is 0 Å². The van der Waals surface area contributed by atoms with Gasteiger partial charge in [0.2, 0.25) is 14.7 Å². The smallest absolute Gasteiger partial charge is 0.346 e. The highest BCUT2D eigenvalue weighted by atomic mass is 31.3. The van der Waals surface area contributed by atoms with Crippen LogP contribution in [0.15, 0.2) is 60.7 Å². The fraction of sp³-hybridized carbons (Fsp3) is 0.613. The van der Waals surface area contributed by atoms with Gasteiger partial charge in [0.05, 0.1) is 26.4 Å². The van der Waals surface area contributed by atoms with Gasteiger partial charge in [-0.3, -0.25) is 18.3 Å². The lowest BCUT2D eigenvalue weighted by Crippen LogP contribution is -2.38. The molecule has 4 saturated heterocycles. The monoisotopic (exact) mass is 796 g/mol. The minimum atomic E-state index is -4.31. The van der Waals surface area contributed by atoms with Crippen LogP contribution in [0.5, 0.6) is 0 Å². The van der Waals surface area contributed by atoms with Crippen LogP contribution >= 0.6 is 29.9 Å². The first-order valence-corrected chi connectivity index (χ1v) is 23.7. The van der Waals surface area contributed by atoms with Crippen molar-refractivity contribution in [3.05, 3.63) is 71.8 Å². The molecule has 12 atom stereocenters. The maximum absolute atomic E-state index is 13.9. The summed E-state index contributed by atoms with van der Waals surface area (Å²) in [5.41, 5.74) is 1.83. The highest BCUT2D eigenvalue weighted by Crippen LogP contribution is 2.89. The minimum absolute atomic E-state index is 0.234. The average Bonchev–Trinajstić information content (AvgIpc) is 3.63. The van der Waals surface area contributed by atoms with E-state index in [2.05, 4.69) is 0 Å². The third-order valence-corrected chi connectivity index (χ3v) is 23.9. The van der Waals surface area contributed by atoms with Crippen LogP contribution < -0.4 is 0 Å². The Balaban J connectivity index is 1.06. The molecule has 0 radical (unpaired) electrons. The highest BCUT2D eigenvalue weighted by Gasteiger charge is 2.62. The Morgan fingerprint density at radius 1 is 0.549 bits per heavy atom. The SMILES string of the molecule is COC1[C@H](OCc2ccccc2)O[C@H](COP2(=O)CP3(=O)CP(=O)(CP(=O)(OC[C@H]4O[C@@H](OCc5ccccc5)C(OC)[C@H]4OC)O3)O2)[C@@H]1OC. The molecule has 4 fully saturated rings. The lowest BCUT2D eigenvalue weighted by Gasteiger charge is -2.40. The summed E-state index contributed by atoms with van der Waals surface area (Å²) in [6, 6.07) is 18.9. The van der Waals surface area contributed by atoms with E-state index in [4.69, 9.17) is 55.6 Å². The first kappa shape index (κ1) is 39.6. The molecule has 0 aliphatic carbocycles. The van der Waals surface area contributed by atoms with Crippen molar-refractivity contribution in [3.8, 4) is 0 Å². The predicted octanol–water partition coefficient (Wildman–Crippen LogP) is 5.84. The number of fused-ring (bicyclic) bond motifs is 2. The third kappa shape index (κ3) is 9.40. The van der Waals surface area contributed by atoms with E-state index in [0.717, 1.165) is 11.1 Å². The van der Waals surface area contributed by atoms with Crippen molar-refractivity contribution < 1.29 is 73.8 Å². The van der Waals surface area contributed by atoms with Crippen LogP contribution in [0.1, 0.15) is 11.1 Å². The van der Waals surface area contributed by atoms with Gasteiger partial charge in [-0.2, -0.15) is 0 Å². The summed E-state index contributed by atoms with van der Waals surface area (Å²) < 4.78 is 124. The maximum atomic E-state index is 13.9. The molecular weight excluding hydrogens is 752 g/mol. The van der Waals surface area contributed by atoms with Crippen LogP contribution in [-0.4, -0.2) is 109 Å². The number of methoxy groups -OCH3 is 4. The van der Waals surface area contributed by atoms with E-state index in [-0.39, 0.29) is 26.4 Å². The lowest BCUT2D eigenvalue weighted by molar-refractivity contribution is -0.180. The fourth-order valence-corrected chi connectivity index (χ4v) is 25.2. The largest absolute Gasteiger partial charge is 0.376 e. The number of benzene rings is 2. The molecular formula is C31H44O16P4. The van der Waals surface area contributed by atoms with E-state index in [1.165, 1.54) is 28.4 Å². The molecule has 0 saturated carbocycles. The normalized spacial score (nSPS) is 40.8. The topological polar surface area (TPSA) is 179 Å². The van der Waals surface area contributed by atoms with Gasteiger partial charge in [-0.15, -0.1) is 0 Å². The summed E-state index contributed by atoms with van der Waals surface area (Å²) in [5.74, 6) is -2.07. The number of rotatable bonds is 16. The first-order chi connectivity index (χ1) is 24.4. The Labute approximate surface area is 296 Å². The van der Waals surface area contributed by atoms with Crippen LogP contribution in [0.25, 0.3) is 0 Å². The van der Waals surface area contributed by atoms with E-state index in [1.54, 1.807) is 0 Å². The zero-order valence-electron chi connectivity index (χ0n) is 28.7. The Morgan fingerprint density at radius 2 is 0.922 bits per heavy atom. The summed E-state index contributed by atoms with van der Waals surface area (Å²) in [4.78, 5) is 0. The molecule has 6 rings (SSSR count). The van der Waals surface area contributed by atoms with Gasteiger partial charge in [0, 0.05) is 28.4 Å². The van der Waals surface area contributed by atoms with Crippen LogP contribution in [0.4, 0.5) is 0 Å². The van der Waals surface area contributed by atoms with E-state index < -0.39 is 96.8 Å². The molecule has 4 aliphatic rings. The fourth-order valence-electron chi connectivity index (χ4n) is 6.55. The molecule has 16 nitrogen and oxygen atoms in total. The van der Waals surface area contributed by atoms with E-state index in [0.29, 0.717) is 0 Å². The second-order valence-electron chi connectivity index (χ2n) is 12.5. The summed E-state index contributed by atoms with van der Waals surface area (Å²) >= 11 is 0. The van der Waals surface area contributed by atoms with Crippen LogP contribution in [-0.2, 0) is 87.0 Å². The van der Waals surface area contributed by atoms with Gasteiger partial charge >= 0.3 is 15.2 Å². The molecule has 20 heteroatoms. The van der Waals surface area contributed by atoms with E-state index in [1.807, 2.05) is 60.7 Å². The van der Waals surface area contributed by atoms with Crippen molar-refractivity contribution in [2.45, 2.75) is 62.4 Å². The van der Waals surface area contributed by atoms with Crippen molar-refractivity contribution >= 4 is 29.9 Å². The zero-order chi connectivity index (χ0) is 36.3. The van der Waals surface area contributed by atoms with Crippen molar-refractivity contribution in [1.29, 1.82) is 0 Å². The maximum Gasteiger partial charge on any atom is 0.346 e. The Morgan fingerprint density at radius 3 is 1.27 bits per heavy atom. The molecule has 0 N–H and O–H groups in total. The molecule has 284 valence electrons. The van der Waals surface area contributed by atoms with Gasteiger partial charge < -0.3 is 46.9 Å². The second-order valence-corrected chi connectivity index (χ2v) is 23.4. The third-order valence-electron chi connectivity index (χ3n) is 8.76. The van der Waals surface area contributed by atoms with Crippen molar-refractivity contribution in [2.24, 2.45) is 0 Å². The molecule has 2 bridgehead atoms. The Hall–Kier alpha value is -1.12. The molecule has 0 spiro atoms. The van der Waals surface area contributed by atoms with Crippen LogP contribution in [0.2, 0.25) is 0 Å². The molecule has 0 aromatic heterocycles. The van der Waals surface area contributed by atoms with Crippen LogP contribution in [0, 0.1) is 0 Å². The lowest BCUT2D eigenvalue weighted by atomic mass is 10.1. The summed E-state index contributed by atoms with van der Waals surface area (Å²) in [5, 5.41) is 0. The highest BCUT2D eigenvalue weighted by molar-refractivity contribution is 7.96. The first-order valence-electron chi connectivity index (χ1n) is 16.2. The standard InChI is InChI=1S/C31H44O16P4/c1-36-26-24(44-30(28(26)38-3)40-15-22-11-7-5-8-12-22)17-42-50(34)20-48(32)19-49(33,46-50)21-51(35,47-48)43-18-25-27(37-2)29(39-4)31(45-25)41-16-23-13-9-6-10-14-23/h5-14,24-31H,15-21H2,1-4H3/t24-,25-,26+,27+,28?,29?,30-,31-,48?,49?,50?,51?/m1/s1. The predicted molar refractivity (Wildman–Crippen MR) is 182 cm³/mol. The quantitative estimate of drug-likeness (QED) is 0.185. The molecule has 6 unspecified atom stereocenters.